The summed E-state index contributed by atoms with van der Waals surface area (Å²) in [5, 5.41) is 2.87. The lowest BCUT2D eigenvalue weighted by molar-refractivity contribution is 0.0947. The zero-order valence-electron chi connectivity index (χ0n) is 13.9. The Morgan fingerprint density at radius 2 is 1.52 bits per heavy atom. The highest BCUT2D eigenvalue weighted by Gasteiger charge is 2.06. The van der Waals surface area contributed by atoms with Crippen molar-refractivity contribution < 1.29 is 14.3 Å². The average molecular weight is 313 g/mol. The van der Waals surface area contributed by atoms with Crippen LogP contribution in [0.5, 0.6) is 11.5 Å². The summed E-state index contributed by atoms with van der Waals surface area (Å²) in [6.45, 7) is 7.44. The third-order valence-corrected chi connectivity index (χ3v) is 3.27. The number of nitrogens with one attached hydrogen (secondary N) is 1. The predicted molar refractivity (Wildman–Crippen MR) is 91.4 cm³/mol. The van der Waals surface area contributed by atoms with Crippen molar-refractivity contribution in [3.8, 4) is 11.5 Å². The Kier molecular flexibility index (Phi) is 6.03. The fourth-order valence-corrected chi connectivity index (χ4v) is 2.34. The van der Waals surface area contributed by atoms with E-state index in [1.807, 2.05) is 63.2 Å². The zero-order valence-corrected chi connectivity index (χ0v) is 13.9. The molecule has 0 aliphatic heterocycles. The minimum absolute atomic E-state index is 0.0768. The highest BCUT2D eigenvalue weighted by Crippen LogP contribution is 2.17. The fourth-order valence-electron chi connectivity index (χ4n) is 2.34. The molecule has 0 heterocycles. The van der Waals surface area contributed by atoms with Gasteiger partial charge in [0.15, 0.2) is 0 Å². The summed E-state index contributed by atoms with van der Waals surface area (Å²) in [5.41, 5.74) is 2.85. The van der Waals surface area contributed by atoms with Gasteiger partial charge in [-0.1, -0.05) is 17.2 Å². The Hall–Kier alpha value is -2.49. The Morgan fingerprint density at radius 3 is 2.09 bits per heavy atom. The van der Waals surface area contributed by atoms with Crippen LogP contribution in [-0.4, -0.2) is 25.7 Å². The van der Waals surface area contributed by atoms with Gasteiger partial charge in [-0.3, -0.25) is 4.79 Å². The topological polar surface area (TPSA) is 47.6 Å². The highest BCUT2D eigenvalue weighted by molar-refractivity contribution is 5.94. The SMILES string of the molecule is CCOc1ccc(OCCNC(=O)c2cc(C)cc(C)c2)cc1. The third-order valence-electron chi connectivity index (χ3n) is 3.27. The summed E-state index contributed by atoms with van der Waals surface area (Å²) in [6.07, 6.45) is 0. The molecule has 122 valence electrons. The van der Waals surface area contributed by atoms with Crippen molar-refractivity contribution in [2.45, 2.75) is 20.8 Å². The van der Waals surface area contributed by atoms with Gasteiger partial charge in [0.2, 0.25) is 0 Å². The molecule has 23 heavy (non-hydrogen) atoms. The Morgan fingerprint density at radius 1 is 0.957 bits per heavy atom. The van der Waals surface area contributed by atoms with E-state index in [0.29, 0.717) is 25.3 Å². The van der Waals surface area contributed by atoms with E-state index < -0.39 is 0 Å². The Balaban J connectivity index is 1.77. The van der Waals surface area contributed by atoms with Crippen molar-refractivity contribution in [3.05, 3.63) is 59.2 Å². The van der Waals surface area contributed by atoms with E-state index in [9.17, 15) is 4.79 Å². The molecule has 0 fully saturated rings. The van der Waals surface area contributed by atoms with Crippen molar-refractivity contribution in [1.82, 2.24) is 5.32 Å². The number of ether oxygens (including phenoxy) is 2. The van der Waals surface area contributed by atoms with Crippen LogP contribution in [0.1, 0.15) is 28.4 Å². The van der Waals surface area contributed by atoms with Gasteiger partial charge in [0.05, 0.1) is 13.2 Å². The molecule has 1 amide bonds. The molecule has 0 saturated heterocycles. The van der Waals surface area contributed by atoms with Gasteiger partial charge in [-0.2, -0.15) is 0 Å². The van der Waals surface area contributed by atoms with Crippen LogP contribution >= 0.6 is 0 Å². The second-order valence-corrected chi connectivity index (χ2v) is 5.39. The minimum atomic E-state index is -0.0768. The monoisotopic (exact) mass is 313 g/mol. The molecule has 0 unspecified atom stereocenters. The molecule has 2 rings (SSSR count). The summed E-state index contributed by atoms with van der Waals surface area (Å²) < 4.78 is 11.0. The lowest BCUT2D eigenvalue weighted by atomic mass is 10.1. The number of benzene rings is 2. The first-order valence-electron chi connectivity index (χ1n) is 7.80. The maximum Gasteiger partial charge on any atom is 0.251 e. The van der Waals surface area contributed by atoms with Crippen LogP contribution < -0.4 is 14.8 Å². The van der Waals surface area contributed by atoms with Crippen molar-refractivity contribution in [3.63, 3.8) is 0 Å². The predicted octanol–water partition coefficient (Wildman–Crippen LogP) is 3.51. The molecule has 2 aromatic rings. The summed E-state index contributed by atoms with van der Waals surface area (Å²) in [5.74, 6) is 1.50. The van der Waals surface area contributed by atoms with E-state index in [4.69, 9.17) is 9.47 Å². The molecule has 0 saturated carbocycles. The van der Waals surface area contributed by atoms with Crippen molar-refractivity contribution >= 4 is 5.91 Å². The standard InChI is InChI=1S/C19H23NO3/c1-4-22-17-5-7-18(8-6-17)23-10-9-20-19(21)16-12-14(2)11-15(3)13-16/h5-8,11-13H,4,9-10H2,1-3H3,(H,20,21). The largest absolute Gasteiger partial charge is 0.494 e. The van der Waals surface area contributed by atoms with E-state index in [2.05, 4.69) is 5.32 Å². The van der Waals surface area contributed by atoms with Gasteiger partial charge >= 0.3 is 0 Å². The van der Waals surface area contributed by atoms with Crippen LogP contribution in [0.15, 0.2) is 42.5 Å². The molecule has 0 bridgehead atoms. The molecular weight excluding hydrogens is 290 g/mol. The molecule has 0 radical (unpaired) electrons. The van der Waals surface area contributed by atoms with Gasteiger partial charge in [-0.25, -0.2) is 0 Å². The van der Waals surface area contributed by atoms with Gasteiger partial charge < -0.3 is 14.8 Å². The maximum atomic E-state index is 12.1. The Labute approximate surface area is 137 Å². The smallest absolute Gasteiger partial charge is 0.251 e. The first-order valence-corrected chi connectivity index (χ1v) is 7.80. The fraction of sp³-hybridized carbons (Fsp3) is 0.316. The number of carbonyl (C=O) groups is 1. The summed E-state index contributed by atoms with van der Waals surface area (Å²) in [4.78, 5) is 12.1. The molecule has 0 spiro atoms. The second-order valence-electron chi connectivity index (χ2n) is 5.39. The van der Waals surface area contributed by atoms with Crippen LogP contribution in [0.2, 0.25) is 0 Å². The number of amides is 1. The van der Waals surface area contributed by atoms with Gasteiger partial charge in [0.1, 0.15) is 18.1 Å². The van der Waals surface area contributed by atoms with Crippen molar-refractivity contribution in [2.75, 3.05) is 19.8 Å². The van der Waals surface area contributed by atoms with E-state index in [-0.39, 0.29) is 5.91 Å². The summed E-state index contributed by atoms with van der Waals surface area (Å²) in [6, 6.07) is 13.3. The molecule has 1 N–H and O–H groups in total. The van der Waals surface area contributed by atoms with Crippen molar-refractivity contribution in [1.29, 1.82) is 0 Å². The first kappa shape index (κ1) is 16.9. The van der Waals surface area contributed by atoms with E-state index in [1.54, 1.807) is 0 Å². The average Bonchev–Trinajstić information content (AvgIpc) is 2.52. The lowest BCUT2D eigenvalue weighted by Gasteiger charge is -2.09. The van der Waals surface area contributed by atoms with Gasteiger partial charge in [-0.15, -0.1) is 0 Å². The summed E-state index contributed by atoms with van der Waals surface area (Å²) in [7, 11) is 0. The number of hydrogen-bond donors (Lipinski definition) is 1. The van der Waals surface area contributed by atoms with E-state index in [0.717, 1.165) is 22.6 Å². The summed E-state index contributed by atoms with van der Waals surface area (Å²) >= 11 is 0. The van der Waals surface area contributed by atoms with Crippen molar-refractivity contribution in [2.24, 2.45) is 0 Å². The second kappa shape index (κ2) is 8.22. The van der Waals surface area contributed by atoms with E-state index in [1.165, 1.54) is 0 Å². The maximum absolute atomic E-state index is 12.1. The Bertz CT molecular complexity index is 630. The zero-order chi connectivity index (χ0) is 16.7. The molecule has 0 aliphatic carbocycles. The number of rotatable bonds is 7. The quantitative estimate of drug-likeness (QED) is 0.796. The molecule has 4 nitrogen and oxygen atoms in total. The van der Waals surface area contributed by atoms with Gasteiger partial charge in [0, 0.05) is 5.56 Å². The van der Waals surface area contributed by atoms with Crippen LogP contribution in [0.3, 0.4) is 0 Å². The minimum Gasteiger partial charge on any atom is -0.494 e. The number of carbonyl (C=O) groups excluding carboxylic acids is 1. The van der Waals surface area contributed by atoms with E-state index >= 15 is 0 Å². The molecule has 0 atom stereocenters. The highest BCUT2D eigenvalue weighted by atomic mass is 16.5. The van der Waals surface area contributed by atoms with Gasteiger partial charge in [-0.05, 0) is 57.2 Å². The molecular formula is C19H23NO3. The van der Waals surface area contributed by atoms with Gasteiger partial charge in [0.25, 0.3) is 5.91 Å². The molecule has 2 aromatic carbocycles. The molecule has 0 aliphatic rings. The number of aryl methyl sites for hydroxylation is 2. The van der Waals surface area contributed by atoms with Crippen LogP contribution in [0.25, 0.3) is 0 Å². The lowest BCUT2D eigenvalue weighted by Crippen LogP contribution is -2.28. The van der Waals surface area contributed by atoms with Crippen LogP contribution in [0.4, 0.5) is 0 Å². The first-order chi connectivity index (χ1) is 11.1. The normalized spacial score (nSPS) is 10.2. The van der Waals surface area contributed by atoms with Crippen LogP contribution in [-0.2, 0) is 0 Å². The molecule has 0 aromatic heterocycles. The molecule has 4 heteroatoms. The number of hydrogen-bond acceptors (Lipinski definition) is 3. The van der Waals surface area contributed by atoms with Crippen LogP contribution in [0, 0.1) is 13.8 Å². The third kappa shape index (κ3) is 5.33.